The number of para-hydroxylation sites is 1. The molecule has 0 unspecified atom stereocenters. The van der Waals surface area contributed by atoms with Crippen LogP contribution in [0.1, 0.15) is 102 Å². The maximum Gasteiger partial charge on any atom is 0.0496 e. The van der Waals surface area contributed by atoms with Crippen molar-refractivity contribution in [2.45, 2.75) is 104 Å². The quantitative estimate of drug-likeness (QED) is 0.119. The number of hydrogen-bond donors (Lipinski definition) is 0. The average Bonchev–Trinajstić information content (AvgIpc) is 3.02. The van der Waals surface area contributed by atoms with Gasteiger partial charge in [0.2, 0.25) is 0 Å². The van der Waals surface area contributed by atoms with Crippen LogP contribution in [-0.4, -0.2) is 0 Å². The molecule has 4 aromatic carbocycles. The second-order valence-corrected chi connectivity index (χ2v) is 11.6. The summed E-state index contributed by atoms with van der Waals surface area (Å²) >= 11 is 0. The van der Waals surface area contributed by atoms with Crippen LogP contribution >= 0.6 is 0 Å². The molecule has 0 N–H and O–H groups in total. The minimum Gasteiger partial charge on any atom is -0.310 e. The number of anilines is 3. The van der Waals surface area contributed by atoms with Crippen molar-refractivity contribution in [2.75, 3.05) is 4.90 Å². The Hall–Kier alpha value is -3.32. The molecule has 216 valence electrons. The van der Waals surface area contributed by atoms with Crippen molar-refractivity contribution in [1.82, 2.24) is 0 Å². The zero-order valence-corrected chi connectivity index (χ0v) is 25.9. The predicted octanol–water partition coefficient (Wildman–Crippen LogP) is 12.4. The minimum absolute atomic E-state index is 1.12. The van der Waals surface area contributed by atoms with Crippen molar-refractivity contribution < 1.29 is 0 Å². The highest BCUT2D eigenvalue weighted by Gasteiger charge is 2.17. The average molecular weight is 546 g/mol. The number of hydrogen-bond acceptors (Lipinski definition) is 1. The Labute approximate surface area is 250 Å². The van der Waals surface area contributed by atoms with Gasteiger partial charge < -0.3 is 4.90 Å². The summed E-state index contributed by atoms with van der Waals surface area (Å²) in [5, 5.41) is 0. The van der Waals surface area contributed by atoms with E-state index in [4.69, 9.17) is 0 Å². The van der Waals surface area contributed by atoms with E-state index in [2.05, 4.69) is 123 Å². The molecule has 1 heteroatoms. The summed E-state index contributed by atoms with van der Waals surface area (Å²) in [5.41, 5.74) is 10.7. The molecule has 0 atom stereocenters. The fourth-order valence-electron chi connectivity index (χ4n) is 5.73. The number of aryl methyl sites for hydroxylation is 3. The number of nitrogens with zero attached hydrogens (tertiary/aromatic N) is 1. The van der Waals surface area contributed by atoms with E-state index in [1.165, 1.54) is 116 Å². The van der Waals surface area contributed by atoms with Gasteiger partial charge in [0.05, 0.1) is 0 Å². The first-order chi connectivity index (χ1) is 20.2. The van der Waals surface area contributed by atoms with Crippen LogP contribution in [0, 0.1) is 0 Å². The van der Waals surface area contributed by atoms with Gasteiger partial charge >= 0.3 is 0 Å². The van der Waals surface area contributed by atoms with Crippen LogP contribution in [-0.2, 0) is 19.3 Å². The van der Waals surface area contributed by atoms with Gasteiger partial charge in [0.15, 0.2) is 0 Å². The zero-order valence-electron chi connectivity index (χ0n) is 25.9. The second-order valence-electron chi connectivity index (χ2n) is 11.6. The van der Waals surface area contributed by atoms with E-state index < -0.39 is 0 Å². The summed E-state index contributed by atoms with van der Waals surface area (Å²) in [6, 6.07) is 36.6. The maximum atomic E-state index is 2.49. The molecule has 1 nitrogen and oxygen atoms in total. The monoisotopic (exact) mass is 545 g/mol. The van der Waals surface area contributed by atoms with Gasteiger partial charge in [-0.05, 0) is 96.7 Å². The van der Waals surface area contributed by atoms with Gasteiger partial charge in [0, 0.05) is 17.1 Å². The summed E-state index contributed by atoms with van der Waals surface area (Å²) in [6.45, 7) is 6.84. The van der Waals surface area contributed by atoms with Gasteiger partial charge in [-0.25, -0.2) is 0 Å². The molecule has 0 aliphatic carbocycles. The Morgan fingerprint density at radius 1 is 0.439 bits per heavy atom. The van der Waals surface area contributed by atoms with Crippen molar-refractivity contribution in [3.63, 3.8) is 0 Å². The molecule has 0 aliphatic rings. The first-order valence-corrected chi connectivity index (χ1v) is 16.4. The van der Waals surface area contributed by atoms with E-state index >= 15 is 0 Å². The summed E-state index contributed by atoms with van der Waals surface area (Å²) in [6.07, 6.45) is 16.2. The van der Waals surface area contributed by atoms with E-state index in [0.29, 0.717) is 0 Å². The van der Waals surface area contributed by atoms with E-state index in [1.807, 2.05) is 0 Å². The second kappa shape index (κ2) is 16.8. The number of benzene rings is 4. The van der Waals surface area contributed by atoms with Crippen LogP contribution < -0.4 is 4.90 Å². The van der Waals surface area contributed by atoms with Crippen molar-refractivity contribution >= 4 is 17.1 Å². The lowest BCUT2D eigenvalue weighted by molar-refractivity contribution is 0.663. The largest absolute Gasteiger partial charge is 0.310 e. The Morgan fingerprint density at radius 2 is 0.976 bits per heavy atom. The molecule has 0 heterocycles. The summed E-state index contributed by atoms with van der Waals surface area (Å²) in [4.78, 5) is 2.49. The molecule has 0 aliphatic heterocycles. The van der Waals surface area contributed by atoms with E-state index in [0.717, 1.165) is 12.8 Å². The smallest absolute Gasteiger partial charge is 0.0496 e. The van der Waals surface area contributed by atoms with Crippen LogP contribution in [0.2, 0.25) is 0 Å². The Balaban J connectivity index is 1.67. The first-order valence-electron chi connectivity index (χ1n) is 16.4. The Morgan fingerprint density at radius 3 is 1.61 bits per heavy atom. The molecule has 0 radical (unpaired) electrons. The van der Waals surface area contributed by atoms with Gasteiger partial charge in [-0.15, -0.1) is 0 Å². The fourth-order valence-corrected chi connectivity index (χ4v) is 5.73. The van der Waals surface area contributed by atoms with Crippen molar-refractivity contribution in [1.29, 1.82) is 0 Å². The standard InChI is InChI=1S/C40H51N/c1-4-7-10-13-18-34-24-27-37(19-14-11-8-5-2)40(32-34)41(38-20-15-12-16-21-38)39-30-28-36(29-31-39)35-25-22-33(23-26-35)17-9-6-3/h12,15-16,20-32H,4-11,13-14,17-19H2,1-3H3. The Kier molecular flexibility index (Phi) is 12.6. The molecule has 41 heavy (non-hydrogen) atoms. The van der Waals surface area contributed by atoms with Gasteiger partial charge in [0.25, 0.3) is 0 Å². The zero-order chi connectivity index (χ0) is 28.7. The molecule has 0 saturated heterocycles. The fraction of sp³-hybridized carbons (Fsp3) is 0.400. The van der Waals surface area contributed by atoms with Crippen LogP contribution in [0.15, 0.2) is 97.1 Å². The molecular formula is C40H51N. The van der Waals surface area contributed by atoms with Gasteiger partial charge in [-0.1, -0.05) is 132 Å². The Bertz CT molecular complexity index is 1270. The summed E-state index contributed by atoms with van der Waals surface area (Å²) in [7, 11) is 0. The van der Waals surface area contributed by atoms with Crippen LogP contribution in [0.4, 0.5) is 17.1 Å². The SMILES string of the molecule is CCCCCCc1ccc(CCCCCC)c(N(c2ccccc2)c2ccc(-c3ccc(CCCC)cc3)cc2)c1. The molecule has 4 aromatic rings. The van der Waals surface area contributed by atoms with Crippen molar-refractivity contribution in [2.24, 2.45) is 0 Å². The molecule has 0 aromatic heterocycles. The highest BCUT2D eigenvalue weighted by atomic mass is 15.1. The lowest BCUT2D eigenvalue weighted by Crippen LogP contribution is -2.13. The van der Waals surface area contributed by atoms with E-state index in [9.17, 15) is 0 Å². The van der Waals surface area contributed by atoms with Gasteiger partial charge in [0.1, 0.15) is 0 Å². The molecule has 0 fully saturated rings. The van der Waals surface area contributed by atoms with Crippen molar-refractivity contribution in [3.05, 3.63) is 114 Å². The summed E-state index contributed by atoms with van der Waals surface area (Å²) < 4.78 is 0. The highest BCUT2D eigenvalue weighted by Crippen LogP contribution is 2.39. The first kappa shape index (κ1) is 30.6. The molecule has 0 saturated carbocycles. The lowest BCUT2D eigenvalue weighted by atomic mass is 9.97. The molecule has 0 amide bonds. The third-order valence-electron chi connectivity index (χ3n) is 8.26. The predicted molar refractivity (Wildman–Crippen MR) is 181 cm³/mol. The third-order valence-corrected chi connectivity index (χ3v) is 8.26. The number of unbranched alkanes of at least 4 members (excludes halogenated alkanes) is 7. The molecule has 4 rings (SSSR count). The van der Waals surface area contributed by atoms with Crippen LogP contribution in [0.3, 0.4) is 0 Å². The van der Waals surface area contributed by atoms with Crippen molar-refractivity contribution in [3.8, 4) is 11.1 Å². The maximum absolute atomic E-state index is 2.49. The van der Waals surface area contributed by atoms with Gasteiger partial charge in [-0.3, -0.25) is 0 Å². The van der Waals surface area contributed by atoms with E-state index in [1.54, 1.807) is 0 Å². The number of rotatable bonds is 17. The highest BCUT2D eigenvalue weighted by molar-refractivity contribution is 5.80. The van der Waals surface area contributed by atoms with E-state index in [-0.39, 0.29) is 0 Å². The normalized spacial score (nSPS) is 11.1. The lowest BCUT2D eigenvalue weighted by Gasteiger charge is -2.28. The summed E-state index contributed by atoms with van der Waals surface area (Å²) in [5.74, 6) is 0. The topological polar surface area (TPSA) is 3.24 Å². The molecule has 0 spiro atoms. The van der Waals surface area contributed by atoms with Crippen LogP contribution in [0.5, 0.6) is 0 Å². The van der Waals surface area contributed by atoms with Crippen LogP contribution in [0.25, 0.3) is 11.1 Å². The molecular weight excluding hydrogens is 494 g/mol. The molecule has 0 bridgehead atoms. The van der Waals surface area contributed by atoms with Gasteiger partial charge in [-0.2, -0.15) is 0 Å². The third kappa shape index (κ3) is 9.09. The minimum atomic E-state index is 1.12.